The minimum absolute atomic E-state index is 0.272. The maximum atomic E-state index is 12.2. The van der Waals surface area contributed by atoms with E-state index in [-0.39, 0.29) is 13.1 Å². The van der Waals surface area contributed by atoms with Crippen LogP contribution >= 0.6 is 22.9 Å². The fraction of sp³-hybridized carbons (Fsp3) is 0.421. The molecule has 0 atom stereocenters. The molecule has 0 bridgehead atoms. The maximum Gasteiger partial charge on any atom is 0.309 e. The highest BCUT2D eigenvalue weighted by molar-refractivity contribution is 7.88. The van der Waals surface area contributed by atoms with Crippen LogP contribution in [-0.4, -0.2) is 55.1 Å². The molecule has 1 aliphatic heterocycles. The Morgan fingerprint density at radius 3 is 2.63 bits per heavy atom. The molecule has 0 N–H and O–H groups in total. The first-order chi connectivity index (χ1) is 14.2. The molecule has 1 saturated heterocycles. The fourth-order valence-electron chi connectivity index (χ4n) is 3.13. The third kappa shape index (κ3) is 6.00. The van der Waals surface area contributed by atoms with Crippen LogP contribution in [0.25, 0.3) is 0 Å². The molecule has 1 aromatic heterocycles. The molecule has 8 nitrogen and oxygen atoms in total. The van der Waals surface area contributed by atoms with Gasteiger partial charge in [-0.05, 0) is 24.5 Å². The van der Waals surface area contributed by atoms with E-state index in [1.807, 2.05) is 29.8 Å². The van der Waals surface area contributed by atoms with Gasteiger partial charge in [0.15, 0.2) is 11.4 Å². The molecule has 0 spiro atoms. The predicted octanol–water partition coefficient (Wildman–Crippen LogP) is 1.89. The second kappa shape index (κ2) is 9.86. The van der Waals surface area contributed by atoms with Crippen molar-refractivity contribution in [3.63, 3.8) is 0 Å². The predicted molar refractivity (Wildman–Crippen MR) is 114 cm³/mol. The van der Waals surface area contributed by atoms with Gasteiger partial charge in [0.25, 0.3) is 5.91 Å². The summed E-state index contributed by atoms with van der Waals surface area (Å²) in [5.74, 6) is -1.48. The summed E-state index contributed by atoms with van der Waals surface area (Å²) >= 11 is 7.49. The number of carbonyl (C=O) groups is 2. The van der Waals surface area contributed by atoms with Crippen molar-refractivity contribution in [3.05, 3.63) is 51.2 Å². The Labute approximate surface area is 183 Å². The Morgan fingerprint density at radius 1 is 1.27 bits per heavy atom. The third-order valence-electron chi connectivity index (χ3n) is 4.77. The molecule has 0 unspecified atom stereocenters. The summed E-state index contributed by atoms with van der Waals surface area (Å²) in [6.07, 6.45) is 3.70. The Bertz CT molecular complexity index is 1090. The topological polar surface area (TPSA) is 98.0 Å². The van der Waals surface area contributed by atoms with E-state index in [4.69, 9.17) is 16.3 Å². The van der Waals surface area contributed by atoms with Crippen LogP contribution in [-0.2, 0) is 30.9 Å². The van der Waals surface area contributed by atoms with E-state index < -0.39 is 34.4 Å². The number of nitrogens with zero attached hydrogens (tertiary/aromatic N) is 3. The first-order valence-electron chi connectivity index (χ1n) is 9.30. The normalized spacial score (nSPS) is 16.5. The smallest absolute Gasteiger partial charge is 0.309 e. The monoisotopic (exact) mass is 471 g/mol. The summed E-state index contributed by atoms with van der Waals surface area (Å²) in [5, 5.41) is 2.44. The molecule has 1 aromatic carbocycles. The first-order valence-corrected chi connectivity index (χ1v) is 12.4. The fourth-order valence-corrected chi connectivity index (χ4v) is 4.94. The number of amides is 1. The molecule has 2 heterocycles. The molecular weight excluding hydrogens is 450 g/mol. The van der Waals surface area contributed by atoms with Crippen molar-refractivity contribution in [2.24, 2.45) is 10.9 Å². The standard InChI is InChI=1S/C19H22ClN3O5S2/c1-30(26,27)23-8-6-14(7-9-23)18(25)28-13-17(24)21-19-22(10-11-29-19)12-15-4-2-3-5-16(15)20/h2-5,10-11,14H,6-9,12-13H2,1H3. The van der Waals surface area contributed by atoms with Crippen molar-refractivity contribution in [1.82, 2.24) is 8.87 Å². The Morgan fingerprint density at radius 2 is 1.97 bits per heavy atom. The van der Waals surface area contributed by atoms with Gasteiger partial charge < -0.3 is 9.30 Å². The van der Waals surface area contributed by atoms with Gasteiger partial charge in [-0.25, -0.2) is 12.7 Å². The van der Waals surface area contributed by atoms with Crippen LogP contribution in [0.4, 0.5) is 0 Å². The molecule has 1 fully saturated rings. The second-order valence-electron chi connectivity index (χ2n) is 6.95. The van der Waals surface area contributed by atoms with Crippen molar-refractivity contribution >= 4 is 44.8 Å². The van der Waals surface area contributed by atoms with Crippen LogP contribution < -0.4 is 4.80 Å². The lowest BCUT2D eigenvalue weighted by Crippen LogP contribution is -2.40. The van der Waals surface area contributed by atoms with Gasteiger partial charge in [-0.2, -0.15) is 4.99 Å². The summed E-state index contributed by atoms with van der Waals surface area (Å²) in [5.41, 5.74) is 0.901. The van der Waals surface area contributed by atoms with Gasteiger partial charge in [0.05, 0.1) is 18.7 Å². The number of rotatable bonds is 6. The average molecular weight is 472 g/mol. The quantitative estimate of drug-likeness (QED) is 0.599. The van der Waals surface area contributed by atoms with Gasteiger partial charge in [0.1, 0.15) is 0 Å². The number of esters is 1. The number of thiazole rings is 1. The summed E-state index contributed by atoms with van der Waals surface area (Å²) in [7, 11) is -3.26. The number of hydrogen-bond acceptors (Lipinski definition) is 6. The second-order valence-corrected chi connectivity index (χ2v) is 10.2. The van der Waals surface area contributed by atoms with Crippen LogP contribution in [0.1, 0.15) is 18.4 Å². The number of benzene rings is 1. The SMILES string of the molecule is CS(=O)(=O)N1CCC(C(=O)OCC(=O)N=c2sccn2Cc2ccccc2Cl)CC1. The highest BCUT2D eigenvalue weighted by Crippen LogP contribution is 2.20. The summed E-state index contributed by atoms with van der Waals surface area (Å²) in [4.78, 5) is 28.9. The number of sulfonamides is 1. The van der Waals surface area contributed by atoms with Gasteiger partial charge in [0, 0.05) is 29.7 Å². The molecule has 0 saturated carbocycles. The minimum atomic E-state index is -3.26. The minimum Gasteiger partial charge on any atom is -0.455 e. The van der Waals surface area contributed by atoms with E-state index in [9.17, 15) is 18.0 Å². The van der Waals surface area contributed by atoms with Crippen LogP contribution in [0.2, 0.25) is 5.02 Å². The first kappa shape index (κ1) is 22.7. The van der Waals surface area contributed by atoms with Crippen LogP contribution in [0.3, 0.4) is 0 Å². The van der Waals surface area contributed by atoms with Gasteiger partial charge in [0.2, 0.25) is 10.0 Å². The van der Waals surface area contributed by atoms with Crippen LogP contribution in [0.15, 0.2) is 40.8 Å². The van der Waals surface area contributed by atoms with E-state index in [0.717, 1.165) is 11.8 Å². The van der Waals surface area contributed by atoms with E-state index in [1.165, 1.54) is 15.6 Å². The van der Waals surface area contributed by atoms with Crippen molar-refractivity contribution < 1.29 is 22.7 Å². The molecule has 1 amide bonds. The number of aromatic nitrogens is 1. The van der Waals surface area contributed by atoms with Crippen LogP contribution in [0, 0.1) is 5.92 Å². The zero-order valence-corrected chi connectivity index (χ0v) is 18.8. The number of halogens is 1. The molecular formula is C19H22ClN3O5S2. The van der Waals surface area contributed by atoms with E-state index in [1.54, 1.807) is 10.6 Å². The molecule has 0 radical (unpaired) electrons. The number of hydrogen-bond donors (Lipinski definition) is 0. The number of ether oxygens (including phenoxy) is 1. The van der Waals surface area contributed by atoms with E-state index >= 15 is 0 Å². The summed E-state index contributed by atoms with van der Waals surface area (Å²) < 4.78 is 31.3. The molecule has 0 aliphatic carbocycles. The van der Waals surface area contributed by atoms with E-state index in [0.29, 0.717) is 29.2 Å². The molecule has 30 heavy (non-hydrogen) atoms. The molecule has 11 heteroatoms. The Kier molecular flexibility index (Phi) is 7.45. The Hall–Kier alpha value is -2.01. The highest BCUT2D eigenvalue weighted by atomic mass is 35.5. The van der Waals surface area contributed by atoms with Gasteiger partial charge >= 0.3 is 5.97 Å². The molecule has 2 aromatic rings. The lowest BCUT2D eigenvalue weighted by molar-refractivity contribution is -0.153. The lowest BCUT2D eigenvalue weighted by Gasteiger charge is -2.28. The highest BCUT2D eigenvalue weighted by Gasteiger charge is 2.30. The summed E-state index contributed by atoms with van der Waals surface area (Å²) in [6.45, 7) is 0.561. The lowest BCUT2D eigenvalue weighted by atomic mass is 9.98. The molecule has 1 aliphatic rings. The van der Waals surface area contributed by atoms with Crippen LogP contribution in [0.5, 0.6) is 0 Å². The third-order valence-corrected chi connectivity index (χ3v) is 7.24. The zero-order chi connectivity index (χ0) is 21.7. The van der Waals surface area contributed by atoms with Crippen molar-refractivity contribution in [2.45, 2.75) is 19.4 Å². The summed E-state index contributed by atoms with van der Waals surface area (Å²) in [6, 6.07) is 7.43. The average Bonchev–Trinajstić information content (AvgIpc) is 3.14. The zero-order valence-electron chi connectivity index (χ0n) is 16.4. The molecule has 3 rings (SSSR count). The van der Waals surface area contributed by atoms with Gasteiger partial charge in [-0.1, -0.05) is 29.8 Å². The molecule has 162 valence electrons. The van der Waals surface area contributed by atoms with Crippen molar-refractivity contribution in [1.29, 1.82) is 0 Å². The number of piperidine rings is 1. The van der Waals surface area contributed by atoms with E-state index in [2.05, 4.69) is 4.99 Å². The van der Waals surface area contributed by atoms with Crippen molar-refractivity contribution in [3.8, 4) is 0 Å². The van der Waals surface area contributed by atoms with Gasteiger partial charge in [-0.3, -0.25) is 9.59 Å². The maximum absolute atomic E-state index is 12.2. The van der Waals surface area contributed by atoms with Gasteiger partial charge in [-0.15, -0.1) is 11.3 Å². The Balaban J connectivity index is 1.55. The number of carbonyl (C=O) groups excluding carboxylic acids is 2. The largest absolute Gasteiger partial charge is 0.455 e. The van der Waals surface area contributed by atoms with Crippen molar-refractivity contribution in [2.75, 3.05) is 26.0 Å².